The molecular weight excluding hydrogens is 477 g/mol. The fraction of sp³-hybridized carbons (Fsp3) is 0.320. The van der Waals surface area contributed by atoms with E-state index in [0.717, 1.165) is 11.1 Å². The summed E-state index contributed by atoms with van der Waals surface area (Å²) in [7, 11) is 1.72. The molecule has 0 saturated carbocycles. The number of rotatable bonds is 8. The molecule has 2 atom stereocenters. The van der Waals surface area contributed by atoms with Gasteiger partial charge in [-0.1, -0.05) is 55.2 Å². The van der Waals surface area contributed by atoms with Crippen LogP contribution in [0.4, 0.5) is 0 Å². The van der Waals surface area contributed by atoms with Gasteiger partial charge in [-0.05, 0) is 29.7 Å². The fourth-order valence-electron chi connectivity index (χ4n) is 4.20. The zero-order valence-corrected chi connectivity index (χ0v) is 20.7. The molecule has 0 saturated heterocycles. The number of ether oxygens (including phenoxy) is 1. The van der Waals surface area contributed by atoms with Gasteiger partial charge in [-0.2, -0.15) is 0 Å². The van der Waals surface area contributed by atoms with Crippen LogP contribution in [0.15, 0.2) is 36.5 Å². The Morgan fingerprint density at radius 1 is 1.29 bits per heavy atom. The van der Waals surface area contributed by atoms with Crippen LogP contribution in [0.5, 0.6) is 5.75 Å². The molecule has 3 rings (SSSR count). The summed E-state index contributed by atoms with van der Waals surface area (Å²) < 4.78 is 5.99. The molecule has 0 bridgehead atoms. The van der Waals surface area contributed by atoms with Crippen LogP contribution in [-0.2, 0) is 11.3 Å². The normalized spacial score (nSPS) is 15.1. The lowest BCUT2D eigenvalue weighted by molar-refractivity contribution is -0.141. The van der Waals surface area contributed by atoms with Crippen molar-refractivity contribution >= 4 is 46.9 Å². The molecular formula is C25H27Cl2N3O4. The first-order chi connectivity index (χ1) is 16.2. The van der Waals surface area contributed by atoms with Crippen molar-refractivity contribution in [2.24, 2.45) is 5.92 Å². The van der Waals surface area contributed by atoms with Gasteiger partial charge in [-0.3, -0.25) is 9.59 Å². The minimum absolute atomic E-state index is 0.0133. The minimum Gasteiger partial charge on any atom is -0.481 e. The molecule has 34 heavy (non-hydrogen) atoms. The molecule has 180 valence electrons. The number of hydrogen-bond donors (Lipinski definition) is 3. The van der Waals surface area contributed by atoms with E-state index in [4.69, 9.17) is 33.3 Å². The van der Waals surface area contributed by atoms with Gasteiger partial charge in [0.1, 0.15) is 5.75 Å². The number of nitrogens with one attached hydrogen (secondary N) is 2. The molecule has 0 fully saturated rings. The topological polar surface area (TPSA) is 103 Å². The number of amides is 1. The van der Waals surface area contributed by atoms with Gasteiger partial charge >= 0.3 is 5.97 Å². The van der Waals surface area contributed by atoms with Crippen LogP contribution in [0, 0.1) is 11.3 Å². The maximum absolute atomic E-state index is 13.3. The summed E-state index contributed by atoms with van der Waals surface area (Å²) >= 11 is 12.9. The first kappa shape index (κ1) is 25.6. The van der Waals surface area contributed by atoms with Crippen molar-refractivity contribution in [1.82, 2.24) is 10.2 Å². The van der Waals surface area contributed by atoms with E-state index >= 15 is 0 Å². The van der Waals surface area contributed by atoms with Crippen LogP contribution in [0.2, 0.25) is 10.0 Å². The average Bonchev–Trinajstić information content (AvgIpc) is 2.81. The molecule has 3 N–H and O–H groups in total. The van der Waals surface area contributed by atoms with Crippen LogP contribution in [0.25, 0.3) is 5.57 Å². The Kier molecular flexibility index (Phi) is 8.23. The van der Waals surface area contributed by atoms with Crippen LogP contribution >= 0.6 is 23.2 Å². The second kappa shape index (κ2) is 10.9. The lowest BCUT2D eigenvalue weighted by Crippen LogP contribution is -2.38. The Balaban J connectivity index is 1.91. The number of halogens is 2. The highest BCUT2D eigenvalue weighted by Gasteiger charge is 2.31. The van der Waals surface area contributed by atoms with Crippen LogP contribution < -0.4 is 10.1 Å². The molecule has 9 heteroatoms. The van der Waals surface area contributed by atoms with E-state index in [1.54, 1.807) is 32.3 Å². The maximum Gasteiger partial charge on any atom is 0.306 e. The fourth-order valence-corrected chi connectivity index (χ4v) is 4.85. The molecule has 2 aromatic carbocycles. The number of carboxylic acid groups (broad SMARTS) is 1. The van der Waals surface area contributed by atoms with E-state index in [2.05, 4.69) is 5.32 Å². The molecule has 0 aliphatic carbocycles. The number of benzene rings is 2. The highest BCUT2D eigenvalue weighted by molar-refractivity contribution is 6.40. The van der Waals surface area contributed by atoms with Crippen LogP contribution in [0.1, 0.15) is 53.2 Å². The lowest BCUT2D eigenvalue weighted by atomic mass is 9.83. The predicted octanol–water partition coefficient (Wildman–Crippen LogP) is 5.41. The van der Waals surface area contributed by atoms with Gasteiger partial charge in [-0.15, -0.1) is 0 Å². The maximum atomic E-state index is 13.3. The Labute approximate surface area is 208 Å². The second-order valence-corrected chi connectivity index (χ2v) is 8.92. The second-order valence-electron chi connectivity index (χ2n) is 8.10. The molecule has 0 spiro atoms. The lowest BCUT2D eigenvalue weighted by Gasteiger charge is -2.32. The molecule has 0 radical (unpaired) electrons. The van der Waals surface area contributed by atoms with Gasteiger partial charge in [0.15, 0.2) is 6.73 Å². The van der Waals surface area contributed by atoms with Gasteiger partial charge in [0.05, 0.1) is 28.1 Å². The van der Waals surface area contributed by atoms with Crippen molar-refractivity contribution in [3.63, 3.8) is 0 Å². The van der Waals surface area contributed by atoms with Gasteiger partial charge in [-0.25, -0.2) is 0 Å². The van der Waals surface area contributed by atoms with Gasteiger partial charge < -0.3 is 25.5 Å². The Bertz CT molecular complexity index is 1130. The summed E-state index contributed by atoms with van der Waals surface area (Å²) in [4.78, 5) is 26.4. The number of para-hydroxylation sites is 1. The van der Waals surface area contributed by atoms with Crippen molar-refractivity contribution in [2.75, 3.05) is 13.8 Å². The zero-order valence-electron chi connectivity index (χ0n) is 19.2. The number of aliphatic carboxylic acids is 1. The molecule has 1 amide bonds. The van der Waals surface area contributed by atoms with Crippen molar-refractivity contribution < 1.29 is 19.4 Å². The summed E-state index contributed by atoms with van der Waals surface area (Å²) in [5.41, 5.74) is 2.96. The van der Waals surface area contributed by atoms with E-state index in [1.165, 1.54) is 11.1 Å². The number of hydrogen-bond acceptors (Lipinski definition) is 5. The third-order valence-electron chi connectivity index (χ3n) is 6.02. The Hall–Kier alpha value is -3.03. The summed E-state index contributed by atoms with van der Waals surface area (Å²) in [5, 5.41) is 20.3. The van der Waals surface area contributed by atoms with Crippen LogP contribution in [-0.4, -0.2) is 41.9 Å². The van der Waals surface area contributed by atoms with Crippen molar-refractivity contribution in [3.8, 4) is 5.75 Å². The molecule has 0 unspecified atom stereocenters. The largest absolute Gasteiger partial charge is 0.481 e. The third-order valence-corrected chi connectivity index (χ3v) is 6.61. The van der Waals surface area contributed by atoms with E-state index < -0.39 is 11.9 Å². The highest BCUT2D eigenvalue weighted by Crippen LogP contribution is 2.40. The third kappa shape index (κ3) is 5.05. The molecule has 2 aromatic rings. The van der Waals surface area contributed by atoms with Gasteiger partial charge in [0.25, 0.3) is 5.91 Å². The molecule has 1 aliphatic rings. The smallest absolute Gasteiger partial charge is 0.306 e. The summed E-state index contributed by atoms with van der Waals surface area (Å²) in [6.45, 7) is 3.91. The van der Waals surface area contributed by atoms with Gasteiger partial charge in [0.2, 0.25) is 0 Å². The Morgan fingerprint density at radius 3 is 2.53 bits per heavy atom. The van der Waals surface area contributed by atoms with Gasteiger partial charge in [0, 0.05) is 36.5 Å². The van der Waals surface area contributed by atoms with E-state index in [9.17, 15) is 14.7 Å². The number of carboxylic acids is 1. The quantitative estimate of drug-likeness (QED) is 0.417. The van der Waals surface area contributed by atoms with Crippen LogP contribution in [0.3, 0.4) is 0 Å². The Morgan fingerprint density at radius 2 is 1.97 bits per heavy atom. The molecule has 7 nitrogen and oxygen atoms in total. The standard InChI is InChI=1S/C25H27Cl2N3O4/c1-4-18(14(2)25(32)33)19-7-5-6-15-12-30(13-34-23(15)19)24(31)22-20(26)8-16(9-21(22)27)17(10-28)11-29-3/h5-11,14,18,28-29H,4,12-13H2,1-3H3,(H,32,33)/b17-11+,28-10?/t14-,18+/m0/s1. The first-order valence-electron chi connectivity index (χ1n) is 10.9. The van der Waals surface area contributed by atoms with Crippen molar-refractivity contribution in [3.05, 3.63) is 68.8 Å². The monoisotopic (exact) mass is 503 g/mol. The number of allylic oxidation sites excluding steroid dienone is 1. The summed E-state index contributed by atoms with van der Waals surface area (Å²) in [6.07, 6.45) is 3.45. The zero-order chi connectivity index (χ0) is 25.0. The number of nitrogens with zero attached hydrogens (tertiary/aromatic N) is 1. The van der Waals surface area contributed by atoms with E-state index in [0.29, 0.717) is 23.3 Å². The molecule has 1 heterocycles. The first-order valence-corrected chi connectivity index (χ1v) is 11.6. The average molecular weight is 504 g/mol. The highest BCUT2D eigenvalue weighted by atomic mass is 35.5. The SMILES string of the molecule is CC[C@@H](c1cccc2c1OCN(C(=O)c1c(Cl)cc(/C(C=N)=C/NC)cc1Cl)C2)[C@H](C)C(=O)O. The number of carbonyl (C=O) groups excluding carboxylic acids is 1. The number of carbonyl (C=O) groups is 2. The minimum atomic E-state index is -0.861. The van der Waals surface area contributed by atoms with E-state index in [-0.39, 0.29) is 40.7 Å². The van der Waals surface area contributed by atoms with E-state index in [1.807, 2.05) is 25.1 Å². The molecule has 0 aromatic heterocycles. The van der Waals surface area contributed by atoms with Crippen molar-refractivity contribution in [1.29, 1.82) is 5.41 Å². The van der Waals surface area contributed by atoms with Crippen molar-refractivity contribution in [2.45, 2.75) is 32.7 Å². The molecule has 1 aliphatic heterocycles. The number of fused-ring (bicyclic) bond motifs is 1. The predicted molar refractivity (Wildman–Crippen MR) is 134 cm³/mol. The summed E-state index contributed by atoms with van der Waals surface area (Å²) in [6, 6.07) is 8.80. The summed E-state index contributed by atoms with van der Waals surface area (Å²) in [5.74, 6) is -1.39.